The molecule has 6 rings (SSSR count). The molecule has 8 nitrogen and oxygen atoms in total. The monoisotopic (exact) mass is 480 g/mol. The molecule has 0 radical (unpaired) electrons. The molecule has 0 spiro atoms. The largest absolute Gasteiger partial charge is 0.343 e. The van der Waals surface area contributed by atoms with Crippen LogP contribution in [0.1, 0.15) is 30.7 Å². The number of benzene rings is 2. The van der Waals surface area contributed by atoms with Crippen LogP contribution in [0.25, 0.3) is 39.6 Å². The highest BCUT2D eigenvalue weighted by Gasteiger charge is 2.18. The molecule has 0 N–H and O–H groups in total. The number of aryl methyl sites for hydroxylation is 3. The minimum absolute atomic E-state index is 0.219. The van der Waals surface area contributed by atoms with Crippen LogP contribution < -0.4 is 0 Å². The fourth-order valence-corrected chi connectivity index (χ4v) is 5.01. The Labute approximate surface area is 209 Å². The van der Waals surface area contributed by atoms with E-state index in [2.05, 4.69) is 57.8 Å². The molecule has 3 aromatic heterocycles. The number of likely N-dealkylation sites (tertiary alicyclic amines) is 1. The maximum absolute atomic E-state index is 12.4. The number of nitrogens with zero attached hydrogens (tertiary/aromatic N) is 6. The van der Waals surface area contributed by atoms with Crippen molar-refractivity contribution < 1.29 is 9.32 Å². The Balaban J connectivity index is 1.18. The van der Waals surface area contributed by atoms with Gasteiger partial charge in [0.1, 0.15) is 0 Å². The molecule has 4 heterocycles. The van der Waals surface area contributed by atoms with Crippen LogP contribution in [0.3, 0.4) is 0 Å². The average Bonchev–Trinajstić information content (AvgIpc) is 3.70. The Morgan fingerprint density at radius 1 is 0.944 bits per heavy atom. The summed E-state index contributed by atoms with van der Waals surface area (Å²) in [6.45, 7) is 6.58. The summed E-state index contributed by atoms with van der Waals surface area (Å²) in [5.74, 6) is 1.22. The Hall–Kier alpha value is -4.20. The molecule has 1 aliphatic heterocycles. The lowest BCUT2D eigenvalue weighted by molar-refractivity contribution is -0.130. The van der Waals surface area contributed by atoms with Gasteiger partial charge in [-0.05, 0) is 81.3 Å². The smallest absolute Gasteiger partial charge is 0.258 e. The minimum Gasteiger partial charge on any atom is -0.343 e. The molecule has 1 saturated heterocycles. The molecule has 1 fully saturated rings. The van der Waals surface area contributed by atoms with Gasteiger partial charge >= 0.3 is 0 Å². The number of carbonyl (C=O) groups is 1. The van der Waals surface area contributed by atoms with Crippen molar-refractivity contribution in [3.05, 3.63) is 72.3 Å². The first-order valence-electron chi connectivity index (χ1n) is 12.4. The zero-order valence-electron chi connectivity index (χ0n) is 20.5. The van der Waals surface area contributed by atoms with Crippen LogP contribution in [-0.4, -0.2) is 48.2 Å². The number of hydrogen-bond donors (Lipinski definition) is 0. The van der Waals surface area contributed by atoms with Gasteiger partial charge in [0.05, 0.1) is 17.4 Å². The highest BCUT2D eigenvalue weighted by Crippen LogP contribution is 2.26. The van der Waals surface area contributed by atoms with E-state index in [-0.39, 0.29) is 5.91 Å². The van der Waals surface area contributed by atoms with Crippen molar-refractivity contribution in [3.8, 4) is 28.5 Å². The number of rotatable bonds is 6. The zero-order valence-corrected chi connectivity index (χ0v) is 20.5. The molecule has 182 valence electrons. The van der Waals surface area contributed by atoms with E-state index in [0.29, 0.717) is 24.7 Å². The highest BCUT2D eigenvalue weighted by molar-refractivity contribution is 5.81. The molecule has 2 aromatic carbocycles. The first-order chi connectivity index (χ1) is 17.6. The van der Waals surface area contributed by atoms with Crippen molar-refractivity contribution >= 4 is 16.9 Å². The predicted molar refractivity (Wildman–Crippen MR) is 138 cm³/mol. The van der Waals surface area contributed by atoms with Crippen molar-refractivity contribution in [2.75, 3.05) is 13.1 Å². The summed E-state index contributed by atoms with van der Waals surface area (Å²) in [5.41, 5.74) is 7.02. The van der Waals surface area contributed by atoms with Gasteiger partial charge in [0.15, 0.2) is 0 Å². The molecule has 1 amide bonds. The molecule has 0 aliphatic carbocycles. The van der Waals surface area contributed by atoms with Gasteiger partial charge in [-0.25, -0.2) is 4.98 Å². The van der Waals surface area contributed by atoms with E-state index in [1.165, 1.54) is 11.4 Å². The van der Waals surface area contributed by atoms with Gasteiger partial charge in [0.2, 0.25) is 11.7 Å². The molecule has 0 unspecified atom stereocenters. The fraction of sp³-hybridized carbons (Fsp3) is 0.286. The third kappa shape index (κ3) is 4.08. The zero-order chi connectivity index (χ0) is 24.6. The maximum atomic E-state index is 12.4. The molecule has 36 heavy (non-hydrogen) atoms. The van der Waals surface area contributed by atoms with Gasteiger partial charge in [-0.1, -0.05) is 5.16 Å². The van der Waals surface area contributed by atoms with Crippen molar-refractivity contribution in [2.24, 2.45) is 0 Å². The van der Waals surface area contributed by atoms with E-state index in [9.17, 15) is 4.79 Å². The van der Waals surface area contributed by atoms with Gasteiger partial charge in [-0.15, -0.1) is 0 Å². The maximum Gasteiger partial charge on any atom is 0.258 e. The Kier molecular flexibility index (Phi) is 5.64. The first kappa shape index (κ1) is 22.3. The number of carbonyl (C=O) groups excluding carboxylic acids is 1. The normalized spacial score (nSPS) is 13.7. The van der Waals surface area contributed by atoms with Crippen molar-refractivity contribution in [3.63, 3.8) is 0 Å². The van der Waals surface area contributed by atoms with Crippen LogP contribution in [-0.2, 0) is 11.3 Å². The van der Waals surface area contributed by atoms with E-state index in [0.717, 1.165) is 53.8 Å². The average molecular weight is 481 g/mol. The summed E-state index contributed by atoms with van der Waals surface area (Å²) in [5, 5.41) is 4.20. The first-order valence-corrected chi connectivity index (χ1v) is 12.4. The number of hydrogen-bond acceptors (Lipinski definition) is 5. The lowest BCUT2D eigenvalue weighted by Crippen LogP contribution is -2.28. The molecule has 8 heteroatoms. The summed E-state index contributed by atoms with van der Waals surface area (Å²) >= 11 is 0. The van der Waals surface area contributed by atoms with Crippen LogP contribution in [0.4, 0.5) is 0 Å². The third-order valence-corrected chi connectivity index (χ3v) is 6.97. The Morgan fingerprint density at radius 2 is 1.67 bits per heavy atom. The SMILES string of the molecule is Cc1ccc(C)n1-c1ccc(-c2nc(-c3ccc4c(c3)ncn4CCC(=O)N3CCCC3)no2)cc1. The molecule has 0 saturated carbocycles. The predicted octanol–water partition coefficient (Wildman–Crippen LogP) is 5.17. The Morgan fingerprint density at radius 3 is 2.42 bits per heavy atom. The van der Waals surface area contributed by atoms with Gasteiger partial charge in [0.25, 0.3) is 5.89 Å². The number of fused-ring (bicyclic) bond motifs is 1. The van der Waals surface area contributed by atoms with E-state index >= 15 is 0 Å². The van der Waals surface area contributed by atoms with E-state index in [4.69, 9.17) is 4.52 Å². The number of imidazole rings is 1. The fourth-order valence-electron chi connectivity index (χ4n) is 5.01. The van der Waals surface area contributed by atoms with Crippen LogP contribution in [0.2, 0.25) is 0 Å². The summed E-state index contributed by atoms with van der Waals surface area (Å²) in [7, 11) is 0. The minimum atomic E-state index is 0.219. The van der Waals surface area contributed by atoms with E-state index < -0.39 is 0 Å². The van der Waals surface area contributed by atoms with Gasteiger partial charge in [0, 0.05) is 54.3 Å². The van der Waals surface area contributed by atoms with Crippen LogP contribution in [0.15, 0.2) is 65.4 Å². The van der Waals surface area contributed by atoms with Crippen LogP contribution in [0.5, 0.6) is 0 Å². The quantitative estimate of drug-likeness (QED) is 0.335. The molecule has 5 aromatic rings. The summed E-state index contributed by atoms with van der Waals surface area (Å²) < 4.78 is 9.82. The summed E-state index contributed by atoms with van der Waals surface area (Å²) in [6, 6.07) is 18.3. The second-order valence-corrected chi connectivity index (χ2v) is 9.40. The van der Waals surface area contributed by atoms with Gasteiger partial charge in [-0.2, -0.15) is 4.98 Å². The van der Waals surface area contributed by atoms with Crippen molar-refractivity contribution in [1.82, 2.24) is 29.2 Å². The van der Waals surface area contributed by atoms with E-state index in [1.807, 2.05) is 39.8 Å². The summed E-state index contributed by atoms with van der Waals surface area (Å²) in [4.78, 5) is 23.5. The number of aromatic nitrogens is 5. The van der Waals surface area contributed by atoms with Crippen molar-refractivity contribution in [1.29, 1.82) is 0 Å². The molecule has 1 aliphatic rings. The third-order valence-electron chi connectivity index (χ3n) is 6.97. The second kappa shape index (κ2) is 9.11. The van der Waals surface area contributed by atoms with Gasteiger partial charge < -0.3 is 18.6 Å². The van der Waals surface area contributed by atoms with Gasteiger partial charge in [-0.3, -0.25) is 4.79 Å². The lowest BCUT2D eigenvalue weighted by Gasteiger charge is -2.15. The van der Waals surface area contributed by atoms with E-state index in [1.54, 1.807) is 6.33 Å². The molecule has 0 bridgehead atoms. The van der Waals surface area contributed by atoms with Crippen LogP contribution in [0, 0.1) is 13.8 Å². The molecular formula is C28H28N6O2. The molecular weight excluding hydrogens is 452 g/mol. The van der Waals surface area contributed by atoms with Crippen molar-refractivity contribution in [2.45, 2.75) is 39.7 Å². The topological polar surface area (TPSA) is 82.0 Å². The molecule has 0 atom stereocenters. The number of amides is 1. The van der Waals surface area contributed by atoms with Crippen LogP contribution >= 0.6 is 0 Å². The highest BCUT2D eigenvalue weighted by atomic mass is 16.5. The Bertz CT molecular complexity index is 1520. The standard InChI is InChI=1S/C28H28N6O2/c1-19-5-6-20(2)34(19)23-10-7-21(8-11-23)28-30-27(31-36-28)22-9-12-25-24(17-22)29-18-33(25)16-13-26(35)32-14-3-4-15-32/h5-12,17-18H,3-4,13-16H2,1-2H3. The summed E-state index contributed by atoms with van der Waals surface area (Å²) in [6.07, 6.45) is 4.50. The second-order valence-electron chi connectivity index (χ2n) is 9.40. The lowest BCUT2D eigenvalue weighted by atomic mass is 10.1.